The summed E-state index contributed by atoms with van der Waals surface area (Å²) in [6.45, 7) is 1.48. The summed E-state index contributed by atoms with van der Waals surface area (Å²) in [5.41, 5.74) is 7.37. The molecule has 0 saturated heterocycles. The number of Topliss-reactive ketones (excluding diaryl/α,β-unsaturated/α-hetero) is 1. The van der Waals surface area contributed by atoms with E-state index < -0.39 is 35.8 Å². The zero-order valence-electron chi connectivity index (χ0n) is 22.7. The lowest BCUT2D eigenvalue weighted by atomic mass is 10.0. The Labute approximate surface area is 240 Å². The number of nitrogens with zero attached hydrogens (tertiary/aromatic N) is 3. The van der Waals surface area contributed by atoms with Crippen LogP contribution in [0.5, 0.6) is 0 Å². The van der Waals surface area contributed by atoms with Crippen LogP contribution in [0, 0.1) is 0 Å². The van der Waals surface area contributed by atoms with Crippen LogP contribution in [-0.4, -0.2) is 44.8 Å². The Morgan fingerprint density at radius 2 is 1.74 bits per heavy atom. The van der Waals surface area contributed by atoms with Gasteiger partial charge in [0.25, 0.3) is 11.4 Å². The number of nitrogens with one attached hydrogen (secondary N) is 1. The van der Waals surface area contributed by atoms with Gasteiger partial charge in [0.2, 0.25) is 11.7 Å². The van der Waals surface area contributed by atoms with E-state index in [0.29, 0.717) is 16.7 Å². The first-order valence-electron chi connectivity index (χ1n) is 13.2. The number of fused-ring (bicyclic) bond motifs is 1. The molecule has 3 N–H and O–H groups in total. The predicted octanol–water partition coefficient (Wildman–Crippen LogP) is 3.42. The molecular formula is C31H27N5O6. The third-order valence-corrected chi connectivity index (χ3v) is 6.45. The molecular weight excluding hydrogens is 538 g/mol. The summed E-state index contributed by atoms with van der Waals surface area (Å²) in [5.74, 6) is -1.70. The third-order valence-electron chi connectivity index (χ3n) is 6.45. The number of ether oxygens (including phenoxy) is 1. The van der Waals surface area contributed by atoms with E-state index in [4.69, 9.17) is 14.9 Å². The first-order chi connectivity index (χ1) is 20.3. The van der Waals surface area contributed by atoms with Crippen LogP contribution in [0.1, 0.15) is 33.5 Å². The number of benzene rings is 3. The third kappa shape index (κ3) is 6.09. The molecule has 0 fully saturated rings. The van der Waals surface area contributed by atoms with Crippen LogP contribution >= 0.6 is 0 Å². The van der Waals surface area contributed by atoms with E-state index in [-0.39, 0.29) is 36.0 Å². The molecule has 5 rings (SSSR count). The Morgan fingerprint density at radius 1 is 1.02 bits per heavy atom. The molecule has 5 aromatic rings. The maximum absolute atomic E-state index is 13.7. The summed E-state index contributed by atoms with van der Waals surface area (Å²) >= 11 is 0. The van der Waals surface area contributed by atoms with Crippen molar-refractivity contribution in [2.75, 3.05) is 12.3 Å². The Hall–Kier alpha value is -5.58. The molecule has 2 aromatic heterocycles. The molecule has 0 spiro atoms. The number of rotatable bonds is 10. The minimum absolute atomic E-state index is 0.118. The number of carbonyl (C=O) groups is 3. The first-order valence-corrected chi connectivity index (χ1v) is 13.2. The summed E-state index contributed by atoms with van der Waals surface area (Å²) < 4.78 is 11.9. The molecule has 11 nitrogen and oxygen atoms in total. The lowest BCUT2D eigenvalue weighted by Gasteiger charge is -2.18. The van der Waals surface area contributed by atoms with Gasteiger partial charge in [0.15, 0.2) is 5.58 Å². The highest BCUT2D eigenvalue weighted by Gasteiger charge is 2.28. The molecule has 2 heterocycles. The van der Waals surface area contributed by atoms with Gasteiger partial charge < -0.3 is 20.2 Å². The van der Waals surface area contributed by atoms with E-state index in [2.05, 4.69) is 15.3 Å². The van der Waals surface area contributed by atoms with Crippen LogP contribution in [0.2, 0.25) is 0 Å². The van der Waals surface area contributed by atoms with Gasteiger partial charge in [0.1, 0.15) is 29.6 Å². The SMILES string of the molecule is CCOC(=O)c1ccc2oc(C(=O)C(Cc3ccccc3)NC(=O)Cn3c(-c4ccccc4)ncc(N)c3=O)nc2c1. The zero-order chi connectivity index (χ0) is 29.6. The van der Waals surface area contributed by atoms with Gasteiger partial charge in [-0.3, -0.25) is 19.0 Å². The Morgan fingerprint density at radius 3 is 2.45 bits per heavy atom. The summed E-state index contributed by atoms with van der Waals surface area (Å²) in [6, 6.07) is 21.5. The number of esters is 1. The Kier molecular flexibility index (Phi) is 8.19. The normalized spacial score (nSPS) is 11.6. The number of amides is 1. The fourth-order valence-corrected chi connectivity index (χ4v) is 4.44. The second kappa shape index (κ2) is 12.3. The summed E-state index contributed by atoms with van der Waals surface area (Å²) in [5, 5.41) is 2.74. The number of carbonyl (C=O) groups excluding carboxylic acids is 3. The van der Waals surface area contributed by atoms with Gasteiger partial charge in [-0.2, -0.15) is 0 Å². The maximum atomic E-state index is 13.7. The van der Waals surface area contributed by atoms with E-state index in [1.54, 1.807) is 31.2 Å². The number of oxazole rings is 1. The highest BCUT2D eigenvalue weighted by Crippen LogP contribution is 2.20. The van der Waals surface area contributed by atoms with Gasteiger partial charge in [-0.25, -0.2) is 14.8 Å². The fraction of sp³-hybridized carbons (Fsp3) is 0.161. The van der Waals surface area contributed by atoms with E-state index in [9.17, 15) is 19.2 Å². The monoisotopic (exact) mass is 565 g/mol. The van der Waals surface area contributed by atoms with Crippen molar-refractivity contribution in [1.29, 1.82) is 0 Å². The quantitative estimate of drug-likeness (QED) is 0.191. The van der Waals surface area contributed by atoms with E-state index in [1.165, 1.54) is 29.0 Å². The minimum Gasteiger partial charge on any atom is -0.462 e. The van der Waals surface area contributed by atoms with Crippen LogP contribution in [0.4, 0.5) is 5.69 Å². The van der Waals surface area contributed by atoms with Gasteiger partial charge >= 0.3 is 5.97 Å². The molecule has 1 atom stereocenters. The van der Waals surface area contributed by atoms with Crippen LogP contribution in [0.25, 0.3) is 22.5 Å². The zero-order valence-corrected chi connectivity index (χ0v) is 22.7. The van der Waals surface area contributed by atoms with Crippen LogP contribution in [0.3, 0.4) is 0 Å². The fourth-order valence-electron chi connectivity index (χ4n) is 4.44. The molecule has 11 heteroatoms. The molecule has 0 aliphatic rings. The van der Waals surface area contributed by atoms with Crippen LogP contribution in [0.15, 0.2) is 94.3 Å². The molecule has 0 aliphatic carbocycles. The van der Waals surface area contributed by atoms with E-state index >= 15 is 0 Å². The van der Waals surface area contributed by atoms with Crippen molar-refractivity contribution in [3.8, 4) is 11.4 Å². The highest BCUT2D eigenvalue weighted by molar-refractivity contribution is 6.01. The summed E-state index contributed by atoms with van der Waals surface area (Å²) in [6.07, 6.45) is 1.38. The minimum atomic E-state index is -1.08. The van der Waals surface area contributed by atoms with Gasteiger partial charge in [0.05, 0.1) is 18.4 Å². The average Bonchev–Trinajstić information content (AvgIpc) is 3.43. The van der Waals surface area contributed by atoms with Crippen molar-refractivity contribution < 1.29 is 23.5 Å². The maximum Gasteiger partial charge on any atom is 0.338 e. The number of hydrogen-bond donors (Lipinski definition) is 2. The van der Waals surface area contributed by atoms with Crippen LogP contribution in [-0.2, 0) is 22.5 Å². The van der Waals surface area contributed by atoms with Gasteiger partial charge in [-0.1, -0.05) is 60.7 Å². The number of nitrogen functional groups attached to an aromatic ring is 1. The molecule has 0 radical (unpaired) electrons. The molecule has 0 saturated carbocycles. The molecule has 212 valence electrons. The topological polar surface area (TPSA) is 159 Å². The number of nitrogens with two attached hydrogens (primary N) is 1. The molecule has 1 amide bonds. The molecule has 42 heavy (non-hydrogen) atoms. The van der Waals surface area contributed by atoms with E-state index in [0.717, 1.165) is 5.56 Å². The van der Waals surface area contributed by atoms with Crippen molar-refractivity contribution in [2.45, 2.75) is 25.9 Å². The van der Waals surface area contributed by atoms with Gasteiger partial charge in [-0.05, 0) is 30.7 Å². The van der Waals surface area contributed by atoms with Crippen molar-refractivity contribution in [1.82, 2.24) is 19.9 Å². The Balaban J connectivity index is 1.44. The lowest BCUT2D eigenvalue weighted by Crippen LogP contribution is -2.45. The van der Waals surface area contributed by atoms with Crippen molar-refractivity contribution >= 4 is 34.4 Å². The summed E-state index contributed by atoms with van der Waals surface area (Å²) in [4.78, 5) is 60.7. The smallest absolute Gasteiger partial charge is 0.338 e. The lowest BCUT2D eigenvalue weighted by molar-refractivity contribution is -0.122. The number of aromatic nitrogens is 3. The number of hydrogen-bond acceptors (Lipinski definition) is 9. The predicted molar refractivity (Wildman–Crippen MR) is 155 cm³/mol. The van der Waals surface area contributed by atoms with E-state index in [1.807, 2.05) is 36.4 Å². The summed E-state index contributed by atoms with van der Waals surface area (Å²) in [7, 11) is 0. The average molecular weight is 566 g/mol. The Bertz CT molecular complexity index is 1810. The molecule has 1 unspecified atom stereocenters. The van der Waals surface area contributed by atoms with Crippen molar-refractivity contribution in [3.05, 3.63) is 112 Å². The van der Waals surface area contributed by atoms with Crippen molar-refractivity contribution in [3.63, 3.8) is 0 Å². The van der Waals surface area contributed by atoms with Gasteiger partial charge in [-0.15, -0.1) is 0 Å². The number of ketones is 1. The van der Waals surface area contributed by atoms with Gasteiger partial charge in [0, 0.05) is 12.0 Å². The second-order valence-electron chi connectivity index (χ2n) is 9.39. The van der Waals surface area contributed by atoms with Crippen molar-refractivity contribution in [2.24, 2.45) is 0 Å². The largest absolute Gasteiger partial charge is 0.462 e. The number of anilines is 1. The standard InChI is InChI=1S/C31H27N5O6/c1-2-41-31(40)21-13-14-25-23(16-21)35-29(42-25)27(38)24(15-19-9-5-3-6-10-19)34-26(37)18-36-28(20-11-7-4-8-12-20)33-17-22(32)30(36)39/h3-14,16-17,24H,2,15,18,32H2,1H3,(H,34,37). The molecule has 3 aromatic carbocycles. The highest BCUT2D eigenvalue weighted by atomic mass is 16.5. The molecule has 0 aliphatic heterocycles. The second-order valence-corrected chi connectivity index (χ2v) is 9.39. The first kappa shape index (κ1) is 28.0. The molecule has 0 bridgehead atoms. The van der Waals surface area contributed by atoms with Crippen LogP contribution < -0.4 is 16.6 Å².